The summed E-state index contributed by atoms with van der Waals surface area (Å²) in [5.41, 5.74) is 3.06. The van der Waals surface area contributed by atoms with Gasteiger partial charge in [-0.15, -0.1) is 0 Å². The number of hydrogen-bond acceptors (Lipinski definition) is 0. The van der Waals surface area contributed by atoms with Crippen molar-refractivity contribution in [2.24, 2.45) is 5.92 Å². The van der Waals surface area contributed by atoms with Crippen LogP contribution in [0.5, 0.6) is 0 Å². The molecule has 0 spiro atoms. The van der Waals surface area contributed by atoms with Crippen molar-refractivity contribution in [1.82, 2.24) is 0 Å². The summed E-state index contributed by atoms with van der Waals surface area (Å²) in [6, 6.07) is 0. The van der Waals surface area contributed by atoms with Crippen molar-refractivity contribution >= 4 is 0 Å². The van der Waals surface area contributed by atoms with E-state index in [1.54, 1.807) is 5.57 Å². The third-order valence-electron chi connectivity index (χ3n) is 2.58. The summed E-state index contributed by atoms with van der Waals surface area (Å²) in [6.07, 6.45) is 8.57. The van der Waals surface area contributed by atoms with Gasteiger partial charge in [-0.25, -0.2) is 0 Å². The van der Waals surface area contributed by atoms with E-state index in [1.807, 2.05) is 0 Å². The minimum Gasteiger partial charge on any atom is -0.0807 e. The Morgan fingerprint density at radius 3 is 2.73 bits per heavy atom. The van der Waals surface area contributed by atoms with E-state index in [1.165, 1.54) is 24.8 Å². The Balaban J connectivity index is 2.69. The van der Waals surface area contributed by atoms with Crippen LogP contribution in [0.2, 0.25) is 0 Å². The highest BCUT2D eigenvalue weighted by Gasteiger charge is 2.09. The molecule has 0 bridgehead atoms. The Labute approximate surface area is 70.0 Å². The molecule has 1 atom stereocenters. The molecular formula is C11H18. The van der Waals surface area contributed by atoms with Gasteiger partial charge in [-0.2, -0.15) is 0 Å². The lowest BCUT2D eigenvalue weighted by atomic mass is 9.89. The standard InChI is InChI=1S/C11H18/c1-4-10-7-6-9(3)11(5-2)8-10/h6,8,10H,4-5,7H2,1-3H3. The fourth-order valence-electron chi connectivity index (χ4n) is 1.62. The molecule has 62 valence electrons. The van der Waals surface area contributed by atoms with Crippen LogP contribution in [0, 0.1) is 5.92 Å². The van der Waals surface area contributed by atoms with E-state index in [-0.39, 0.29) is 0 Å². The molecule has 11 heavy (non-hydrogen) atoms. The molecular weight excluding hydrogens is 132 g/mol. The van der Waals surface area contributed by atoms with Gasteiger partial charge in [0.2, 0.25) is 0 Å². The number of hydrogen-bond donors (Lipinski definition) is 0. The van der Waals surface area contributed by atoms with Crippen LogP contribution in [-0.4, -0.2) is 0 Å². The summed E-state index contributed by atoms with van der Waals surface area (Å²) >= 11 is 0. The quantitative estimate of drug-likeness (QED) is 0.563. The molecule has 0 N–H and O–H groups in total. The van der Waals surface area contributed by atoms with Crippen molar-refractivity contribution in [2.45, 2.75) is 40.0 Å². The Bertz CT molecular complexity index is 184. The lowest BCUT2D eigenvalue weighted by Gasteiger charge is -2.17. The van der Waals surface area contributed by atoms with Gasteiger partial charge >= 0.3 is 0 Å². The topological polar surface area (TPSA) is 0 Å². The van der Waals surface area contributed by atoms with E-state index in [9.17, 15) is 0 Å². The highest BCUT2D eigenvalue weighted by Crippen LogP contribution is 2.26. The molecule has 0 saturated carbocycles. The molecule has 0 aromatic rings. The van der Waals surface area contributed by atoms with Gasteiger partial charge in [-0.05, 0) is 37.7 Å². The monoisotopic (exact) mass is 150 g/mol. The van der Waals surface area contributed by atoms with Gasteiger partial charge in [0, 0.05) is 0 Å². The first kappa shape index (κ1) is 8.58. The maximum atomic E-state index is 2.45. The molecule has 0 heteroatoms. The lowest BCUT2D eigenvalue weighted by molar-refractivity contribution is 0.620. The van der Waals surface area contributed by atoms with Gasteiger partial charge in [0.15, 0.2) is 0 Å². The minimum atomic E-state index is 0.814. The molecule has 1 rings (SSSR count). The highest BCUT2D eigenvalue weighted by molar-refractivity contribution is 5.32. The molecule has 0 amide bonds. The van der Waals surface area contributed by atoms with E-state index in [0.29, 0.717) is 0 Å². The Morgan fingerprint density at radius 1 is 1.45 bits per heavy atom. The molecule has 0 aromatic carbocycles. The van der Waals surface area contributed by atoms with E-state index >= 15 is 0 Å². The van der Waals surface area contributed by atoms with Gasteiger partial charge in [0.05, 0.1) is 0 Å². The van der Waals surface area contributed by atoms with Gasteiger partial charge in [-0.1, -0.05) is 31.6 Å². The van der Waals surface area contributed by atoms with E-state index in [2.05, 4.69) is 32.9 Å². The largest absolute Gasteiger partial charge is 0.0807 e. The molecule has 0 aromatic heterocycles. The van der Waals surface area contributed by atoms with Crippen LogP contribution in [0.15, 0.2) is 23.3 Å². The second-order valence-corrected chi connectivity index (χ2v) is 3.34. The van der Waals surface area contributed by atoms with Gasteiger partial charge in [-0.3, -0.25) is 0 Å². The molecule has 0 nitrogen and oxygen atoms in total. The normalized spacial score (nSPS) is 24.5. The third-order valence-corrected chi connectivity index (χ3v) is 2.58. The smallest absolute Gasteiger partial charge is 0.0195 e. The zero-order valence-corrected chi connectivity index (χ0v) is 7.85. The van der Waals surface area contributed by atoms with Crippen molar-refractivity contribution in [3.63, 3.8) is 0 Å². The summed E-state index contributed by atoms with van der Waals surface area (Å²) < 4.78 is 0. The highest BCUT2D eigenvalue weighted by atomic mass is 14.1. The summed E-state index contributed by atoms with van der Waals surface area (Å²) in [5.74, 6) is 0.814. The molecule has 0 heterocycles. The van der Waals surface area contributed by atoms with E-state index in [4.69, 9.17) is 0 Å². The maximum absolute atomic E-state index is 2.45. The first-order valence-corrected chi connectivity index (χ1v) is 4.65. The molecule has 0 aliphatic heterocycles. The predicted octanol–water partition coefficient (Wildman–Crippen LogP) is 3.70. The Morgan fingerprint density at radius 2 is 2.18 bits per heavy atom. The van der Waals surface area contributed by atoms with Gasteiger partial charge < -0.3 is 0 Å². The first-order chi connectivity index (χ1) is 5.27. The summed E-state index contributed by atoms with van der Waals surface area (Å²) in [5, 5.41) is 0. The number of rotatable bonds is 2. The van der Waals surface area contributed by atoms with Crippen LogP contribution < -0.4 is 0 Å². The van der Waals surface area contributed by atoms with Gasteiger partial charge in [0.25, 0.3) is 0 Å². The molecule has 0 radical (unpaired) electrons. The molecule has 1 aliphatic carbocycles. The summed E-state index contributed by atoms with van der Waals surface area (Å²) in [4.78, 5) is 0. The van der Waals surface area contributed by atoms with Crippen LogP contribution in [0.25, 0.3) is 0 Å². The zero-order chi connectivity index (χ0) is 8.27. The molecule has 1 unspecified atom stereocenters. The minimum absolute atomic E-state index is 0.814. The third kappa shape index (κ3) is 1.95. The zero-order valence-electron chi connectivity index (χ0n) is 7.85. The van der Waals surface area contributed by atoms with Crippen LogP contribution in [-0.2, 0) is 0 Å². The van der Waals surface area contributed by atoms with Crippen molar-refractivity contribution < 1.29 is 0 Å². The maximum Gasteiger partial charge on any atom is -0.0195 e. The van der Waals surface area contributed by atoms with Gasteiger partial charge in [0.1, 0.15) is 0 Å². The van der Waals surface area contributed by atoms with Crippen LogP contribution in [0.4, 0.5) is 0 Å². The summed E-state index contributed by atoms with van der Waals surface area (Å²) in [7, 11) is 0. The van der Waals surface area contributed by atoms with Crippen molar-refractivity contribution in [3.8, 4) is 0 Å². The second kappa shape index (κ2) is 3.75. The van der Waals surface area contributed by atoms with E-state index in [0.717, 1.165) is 5.92 Å². The average molecular weight is 150 g/mol. The van der Waals surface area contributed by atoms with Crippen molar-refractivity contribution in [2.75, 3.05) is 0 Å². The van der Waals surface area contributed by atoms with Crippen LogP contribution in [0.3, 0.4) is 0 Å². The SMILES string of the molecule is CCC1=CC(CC)CC=C1C. The fourth-order valence-corrected chi connectivity index (χ4v) is 1.62. The lowest BCUT2D eigenvalue weighted by Crippen LogP contribution is -2.01. The first-order valence-electron chi connectivity index (χ1n) is 4.65. The second-order valence-electron chi connectivity index (χ2n) is 3.34. The van der Waals surface area contributed by atoms with Crippen molar-refractivity contribution in [3.05, 3.63) is 23.3 Å². The Hall–Kier alpha value is -0.520. The van der Waals surface area contributed by atoms with Crippen molar-refractivity contribution in [1.29, 1.82) is 0 Å². The Kier molecular flexibility index (Phi) is 2.92. The average Bonchev–Trinajstić information content (AvgIpc) is 2.05. The van der Waals surface area contributed by atoms with E-state index < -0.39 is 0 Å². The molecule has 1 aliphatic rings. The molecule has 0 saturated heterocycles. The predicted molar refractivity (Wildman–Crippen MR) is 50.5 cm³/mol. The summed E-state index contributed by atoms with van der Waals surface area (Å²) in [6.45, 7) is 6.73. The molecule has 0 fully saturated rings. The number of allylic oxidation sites excluding steroid dienone is 4. The fraction of sp³-hybridized carbons (Fsp3) is 0.636. The van der Waals surface area contributed by atoms with Crippen LogP contribution in [0.1, 0.15) is 40.0 Å². The van der Waals surface area contributed by atoms with Crippen LogP contribution >= 0.6 is 0 Å².